The molecule has 1 aliphatic rings. The number of rotatable bonds is 4. The van der Waals surface area contributed by atoms with Crippen molar-refractivity contribution < 1.29 is 9.63 Å². The Bertz CT molecular complexity index is 696. The minimum Gasteiger partial charge on any atom is -0.326 e. The van der Waals surface area contributed by atoms with Crippen LogP contribution in [0.4, 0.5) is 5.69 Å². The van der Waals surface area contributed by atoms with E-state index in [-0.39, 0.29) is 18.4 Å². The van der Waals surface area contributed by atoms with E-state index >= 15 is 0 Å². The maximum Gasteiger partial charge on any atom is 0.226 e. The predicted octanol–water partition coefficient (Wildman–Crippen LogP) is 2.67. The van der Waals surface area contributed by atoms with E-state index in [1.807, 2.05) is 61.5 Å². The largest absolute Gasteiger partial charge is 0.326 e. The number of aryl methyl sites for hydroxylation is 1. The normalized spacial score (nSPS) is 17.1. The number of hydrogen-bond acceptors (Lipinski definition) is 4. The van der Waals surface area contributed by atoms with Crippen molar-refractivity contribution in [1.82, 2.24) is 5.48 Å². The molecule has 1 unspecified atom stereocenters. The molecule has 0 aromatic heterocycles. The van der Waals surface area contributed by atoms with E-state index in [0.29, 0.717) is 12.4 Å². The molecule has 0 aliphatic carbocycles. The SMILES string of the molecule is Cc1ccc(NC(=O)CC2CONC(c3ccccc3)=N2)cc1. The number of carbonyl (C=O) groups excluding carboxylic acids is 1. The number of hydroxylamine groups is 1. The van der Waals surface area contributed by atoms with Crippen molar-refractivity contribution in [3.05, 3.63) is 65.7 Å². The molecule has 1 aliphatic heterocycles. The van der Waals surface area contributed by atoms with Crippen LogP contribution in [-0.4, -0.2) is 24.4 Å². The zero-order valence-corrected chi connectivity index (χ0v) is 13.0. The van der Waals surface area contributed by atoms with Crippen molar-refractivity contribution in [3.63, 3.8) is 0 Å². The summed E-state index contributed by atoms with van der Waals surface area (Å²) >= 11 is 0. The Balaban J connectivity index is 1.63. The molecule has 5 nitrogen and oxygen atoms in total. The number of carbonyl (C=O) groups is 1. The van der Waals surface area contributed by atoms with Crippen LogP contribution >= 0.6 is 0 Å². The van der Waals surface area contributed by atoms with E-state index in [0.717, 1.165) is 16.8 Å². The highest BCUT2D eigenvalue weighted by molar-refractivity contribution is 5.99. The van der Waals surface area contributed by atoms with Crippen LogP contribution in [0.25, 0.3) is 0 Å². The van der Waals surface area contributed by atoms with Gasteiger partial charge in [-0.15, -0.1) is 0 Å². The van der Waals surface area contributed by atoms with Gasteiger partial charge in [0, 0.05) is 11.3 Å². The van der Waals surface area contributed by atoms with E-state index in [4.69, 9.17) is 4.84 Å². The van der Waals surface area contributed by atoms with Gasteiger partial charge in [-0.3, -0.25) is 14.6 Å². The summed E-state index contributed by atoms with van der Waals surface area (Å²) in [4.78, 5) is 22.1. The van der Waals surface area contributed by atoms with Crippen LogP contribution in [0.15, 0.2) is 59.6 Å². The van der Waals surface area contributed by atoms with E-state index in [1.54, 1.807) is 0 Å². The molecule has 3 rings (SSSR count). The molecule has 0 saturated heterocycles. The number of hydrogen-bond donors (Lipinski definition) is 2. The van der Waals surface area contributed by atoms with Gasteiger partial charge in [0.05, 0.1) is 19.1 Å². The maximum absolute atomic E-state index is 12.2. The summed E-state index contributed by atoms with van der Waals surface area (Å²) in [5.74, 6) is 0.588. The van der Waals surface area contributed by atoms with E-state index in [2.05, 4.69) is 15.8 Å². The third-order valence-electron chi connectivity index (χ3n) is 3.56. The number of aliphatic imine (C=N–C) groups is 1. The number of amides is 1. The van der Waals surface area contributed by atoms with Crippen molar-refractivity contribution in [1.29, 1.82) is 0 Å². The molecule has 2 aromatic carbocycles. The average Bonchev–Trinajstić information content (AvgIpc) is 2.58. The zero-order chi connectivity index (χ0) is 16.1. The Hall–Kier alpha value is -2.66. The first-order valence-corrected chi connectivity index (χ1v) is 7.58. The van der Waals surface area contributed by atoms with Gasteiger partial charge in [0.2, 0.25) is 5.91 Å². The van der Waals surface area contributed by atoms with Gasteiger partial charge >= 0.3 is 0 Å². The van der Waals surface area contributed by atoms with Crippen molar-refractivity contribution in [2.75, 3.05) is 11.9 Å². The van der Waals surface area contributed by atoms with Gasteiger partial charge in [-0.2, -0.15) is 0 Å². The topological polar surface area (TPSA) is 62.7 Å². The first kappa shape index (κ1) is 15.2. The molecule has 1 heterocycles. The smallest absolute Gasteiger partial charge is 0.226 e. The van der Waals surface area contributed by atoms with Crippen LogP contribution in [0.3, 0.4) is 0 Å². The molecular weight excluding hydrogens is 290 g/mol. The lowest BCUT2D eigenvalue weighted by Crippen LogP contribution is -2.37. The van der Waals surface area contributed by atoms with Crippen molar-refractivity contribution in [3.8, 4) is 0 Å². The molecular formula is C18H19N3O2. The summed E-state index contributed by atoms with van der Waals surface area (Å²) < 4.78 is 0. The summed E-state index contributed by atoms with van der Waals surface area (Å²) in [5, 5.41) is 2.89. The Kier molecular flexibility index (Phi) is 4.68. The van der Waals surface area contributed by atoms with Gasteiger partial charge in [0.15, 0.2) is 5.84 Å². The van der Waals surface area contributed by atoms with Crippen LogP contribution in [0, 0.1) is 6.92 Å². The first-order valence-electron chi connectivity index (χ1n) is 7.58. The summed E-state index contributed by atoms with van der Waals surface area (Å²) in [6, 6.07) is 17.2. The summed E-state index contributed by atoms with van der Waals surface area (Å²) in [7, 11) is 0. The van der Waals surface area contributed by atoms with Gasteiger partial charge < -0.3 is 5.32 Å². The van der Waals surface area contributed by atoms with Gasteiger partial charge in [0.1, 0.15) is 0 Å². The van der Waals surface area contributed by atoms with Gasteiger partial charge in [-0.25, -0.2) is 5.48 Å². The summed E-state index contributed by atoms with van der Waals surface area (Å²) in [6.45, 7) is 2.38. The second-order valence-electron chi connectivity index (χ2n) is 5.53. The van der Waals surface area contributed by atoms with Gasteiger partial charge in [-0.05, 0) is 19.1 Å². The number of amidine groups is 1. The molecule has 0 saturated carbocycles. The predicted molar refractivity (Wildman–Crippen MR) is 90.3 cm³/mol. The second-order valence-corrected chi connectivity index (χ2v) is 5.53. The monoisotopic (exact) mass is 309 g/mol. The fourth-order valence-corrected chi connectivity index (χ4v) is 2.35. The standard InChI is InChI=1S/C18H19N3O2/c1-13-7-9-15(10-8-13)19-17(22)11-16-12-23-21-18(20-16)14-5-3-2-4-6-14/h2-10,16H,11-12H2,1H3,(H,19,22)(H,20,21). The van der Waals surface area contributed by atoms with E-state index in [9.17, 15) is 4.79 Å². The molecule has 1 atom stereocenters. The van der Waals surface area contributed by atoms with Crippen molar-refractivity contribution >= 4 is 17.4 Å². The Labute approximate surface area is 135 Å². The third kappa shape index (κ3) is 4.17. The summed E-state index contributed by atoms with van der Waals surface area (Å²) in [5.41, 5.74) is 5.71. The van der Waals surface area contributed by atoms with Crippen LogP contribution in [0.5, 0.6) is 0 Å². The minimum atomic E-state index is -0.197. The van der Waals surface area contributed by atoms with Crippen LogP contribution in [-0.2, 0) is 9.63 Å². The Morgan fingerprint density at radius 3 is 2.70 bits per heavy atom. The van der Waals surface area contributed by atoms with Crippen LogP contribution in [0.2, 0.25) is 0 Å². The highest BCUT2D eigenvalue weighted by atomic mass is 16.6. The van der Waals surface area contributed by atoms with Gasteiger partial charge in [-0.1, -0.05) is 48.0 Å². The quantitative estimate of drug-likeness (QED) is 0.912. The van der Waals surface area contributed by atoms with Crippen molar-refractivity contribution in [2.45, 2.75) is 19.4 Å². The Morgan fingerprint density at radius 1 is 1.22 bits per heavy atom. The maximum atomic E-state index is 12.2. The lowest BCUT2D eigenvalue weighted by Gasteiger charge is -2.21. The zero-order valence-electron chi connectivity index (χ0n) is 13.0. The molecule has 2 N–H and O–H groups in total. The van der Waals surface area contributed by atoms with E-state index < -0.39 is 0 Å². The van der Waals surface area contributed by atoms with Crippen LogP contribution < -0.4 is 10.8 Å². The fraction of sp³-hybridized carbons (Fsp3) is 0.222. The van der Waals surface area contributed by atoms with Crippen LogP contribution in [0.1, 0.15) is 17.5 Å². The first-order chi connectivity index (χ1) is 11.2. The molecule has 23 heavy (non-hydrogen) atoms. The van der Waals surface area contributed by atoms with E-state index in [1.165, 1.54) is 0 Å². The number of benzene rings is 2. The number of anilines is 1. The van der Waals surface area contributed by atoms with Gasteiger partial charge in [0.25, 0.3) is 0 Å². The molecule has 2 aromatic rings. The fourth-order valence-electron chi connectivity index (χ4n) is 2.35. The van der Waals surface area contributed by atoms with Crippen molar-refractivity contribution in [2.24, 2.45) is 4.99 Å². The molecule has 118 valence electrons. The highest BCUT2D eigenvalue weighted by Gasteiger charge is 2.19. The lowest BCUT2D eigenvalue weighted by molar-refractivity contribution is -0.117. The number of nitrogens with zero attached hydrogens (tertiary/aromatic N) is 1. The lowest BCUT2D eigenvalue weighted by atomic mass is 10.1. The summed E-state index contributed by atoms with van der Waals surface area (Å²) in [6.07, 6.45) is 0.284. The molecule has 5 heteroatoms. The third-order valence-corrected chi connectivity index (χ3v) is 3.56. The average molecular weight is 309 g/mol. The minimum absolute atomic E-state index is 0.0690. The molecule has 0 bridgehead atoms. The Morgan fingerprint density at radius 2 is 1.96 bits per heavy atom. The molecule has 1 amide bonds. The molecule has 0 radical (unpaired) electrons. The number of nitrogens with one attached hydrogen (secondary N) is 2. The second kappa shape index (κ2) is 7.07. The highest BCUT2D eigenvalue weighted by Crippen LogP contribution is 2.12. The molecule has 0 spiro atoms. The molecule has 0 fully saturated rings.